The van der Waals surface area contributed by atoms with Crippen LogP contribution in [0.15, 0.2) is 0 Å². The molecule has 0 aromatic heterocycles. The molecule has 0 aromatic rings. The van der Waals surface area contributed by atoms with E-state index in [0.717, 1.165) is 0 Å². The molecule has 80 valence electrons. The van der Waals surface area contributed by atoms with Gasteiger partial charge in [0, 0.05) is 26.9 Å². The first-order valence-electron chi connectivity index (χ1n) is 4.24. The zero-order valence-electron chi connectivity index (χ0n) is 8.50. The summed E-state index contributed by atoms with van der Waals surface area (Å²) in [5, 5.41) is 0. The van der Waals surface area contributed by atoms with Gasteiger partial charge in [-0.1, -0.05) is 0 Å². The molecule has 1 aliphatic heterocycles. The monoisotopic (exact) mass is 220 g/mol. The molecule has 1 fully saturated rings. The van der Waals surface area contributed by atoms with Crippen LogP contribution in [-0.4, -0.2) is 47.1 Å². The molecule has 1 heterocycles. The number of methoxy groups -OCH3 is 1. The van der Waals surface area contributed by atoms with E-state index in [1.165, 1.54) is 20.9 Å². The zero-order chi connectivity index (χ0) is 10.8. The van der Waals surface area contributed by atoms with Crippen LogP contribution in [0.4, 0.5) is 0 Å². The maximum atomic E-state index is 11.5. The Bertz CT molecular complexity index is 236. The van der Waals surface area contributed by atoms with E-state index in [2.05, 4.69) is 0 Å². The van der Waals surface area contributed by atoms with Crippen molar-refractivity contribution in [2.24, 2.45) is 0 Å². The summed E-state index contributed by atoms with van der Waals surface area (Å²) >= 11 is 0. The third kappa shape index (κ3) is 3.07. The second-order valence-electron chi connectivity index (χ2n) is 3.11. The van der Waals surface area contributed by atoms with E-state index in [1.807, 2.05) is 0 Å². The lowest BCUT2D eigenvalue weighted by Gasteiger charge is -2.20. The van der Waals surface area contributed by atoms with Gasteiger partial charge in [-0.05, 0) is 6.42 Å². The van der Waals surface area contributed by atoms with Gasteiger partial charge >= 0.3 is 7.60 Å². The van der Waals surface area contributed by atoms with Gasteiger partial charge in [-0.15, -0.1) is 0 Å². The topological polar surface area (TPSA) is 54.0 Å². The molecule has 0 N–H and O–H groups in total. The van der Waals surface area contributed by atoms with Gasteiger partial charge in [-0.2, -0.15) is 0 Å². The maximum Gasteiger partial charge on any atom is 0.327 e. The van der Waals surface area contributed by atoms with Crippen LogP contribution < -0.4 is 0 Å². The average Bonchev–Trinajstić information content (AvgIpc) is 2.45. The molecular weight excluding hydrogens is 206 g/mol. The Morgan fingerprint density at radius 2 is 2.14 bits per heavy atom. The third-order valence-electron chi connectivity index (χ3n) is 1.97. The normalized spacial score (nSPS) is 36.9. The second kappa shape index (κ2) is 4.77. The Morgan fingerprint density at radius 3 is 2.64 bits per heavy atom. The van der Waals surface area contributed by atoms with Crippen molar-refractivity contribution in [2.75, 3.05) is 20.9 Å². The number of hydrogen-bond acceptors (Lipinski definition) is 5. The van der Waals surface area contributed by atoms with Crippen molar-refractivity contribution >= 4 is 15.4 Å². The first kappa shape index (κ1) is 12.2. The van der Waals surface area contributed by atoms with Gasteiger partial charge in [-0.3, -0.25) is 9.09 Å². The van der Waals surface area contributed by atoms with E-state index in [0.29, 0.717) is 6.42 Å². The Hall–Kier alpha value is 0.135. The Kier molecular flexibility index (Phi) is 4.16. The quantitative estimate of drug-likeness (QED) is 0.516. The highest BCUT2D eigenvalue weighted by Gasteiger charge is 2.37. The molecule has 0 spiro atoms. The van der Waals surface area contributed by atoms with Crippen molar-refractivity contribution in [2.45, 2.75) is 24.8 Å². The lowest BCUT2D eigenvalue weighted by Crippen LogP contribution is -2.25. The van der Waals surface area contributed by atoms with Crippen LogP contribution in [0.5, 0.6) is 0 Å². The van der Waals surface area contributed by atoms with Crippen molar-refractivity contribution in [3.8, 4) is 0 Å². The summed E-state index contributed by atoms with van der Waals surface area (Å²) in [7, 11) is 5.33. The fourth-order valence-corrected chi connectivity index (χ4v) is 2.01. The highest BCUT2D eigenvalue weighted by molar-refractivity contribution is 7.52. The van der Waals surface area contributed by atoms with E-state index < -0.39 is 26.0 Å². The molecule has 0 saturated carbocycles. The third-order valence-corrected chi connectivity index (χ3v) is 3.28. The molecule has 0 aromatic carbocycles. The molecule has 5 nitrogen and oxygen atoms in total. The highest BCUT2D eigenvalue weighted by atomic mass is 31.2. The first-order chi connectivity index (χ1) is 6.48. The van der Waals surface area contributed by atoms with Gasteiger partial charge in [0.05, 0.1) is 0 Å². The van der Waals surface area contributed by atoms with Gasteiger partial charge in [0.1, 0.15) is 14.0 Å². The molecule has 14 heavy (non-hydrogen) atoms. The Labute approximate surface area is 85.0 Å². The lowest BCUT2D eigenvalue weighted by molar-refractivity contribution is -0.133. The minimum Gasteiger partial charge on any atom is -0.357 e. The van der Waals surface area contributed by atoms with E-state index in [4.69, 9.17) is 26.4 Å². The molecule has 1 rings (SSSR count). The maximum absolute atomic E-state index is 11.5. The summed E-state index contributed by atoms with van der Waals surface area (Å²) in [5.74, 6) is 0. The minimum absolute atomic E-state index is 0.439. The molecule has 0 aliphatic carbocycles. The molecule has 0 amide bonds. The van der Waals surface area contributed by atoms with Crippen LogP contribution in [0, 0.1) is 0 Å². The number of ether oxygens (including phenoxy) is 2. The van der Waals surface area contributed by atoms with E-state index in [9.17, 15) is 4.57 Å². The van der Waals surface area contributed by atoms with Crippen LogP contribution in [-0.2, 0) is 23.1 Å². The average molecular weight is 220 g/mol. The van der Waals surface area contributed by atoms with Crippen molar-refractivity contribution in [1.29, 1.82) is 0 Å². The standard InChI is InChI=1S/C7H14BO5P/c1-10-7-5(4-6(8)12-7)13-14(3,9)11-2/h5-7H,4H2,1-3H3. The second-order valence-corrected chi connectivity index (χ2v) is 5.23. The van der Waals surface area contributed by atoms with Crippen molar-refractivity contribution in [1.82, 2.24) is 0 Å². The molecule has 4 unspecified atom stereocenters. The molecule has 2 radical (unpaired) electrons. The highest BCUT2D eigenvalue weighted by Crippen LogP contribution is 2.46. The molecule has 0 bridgehead atoms. The molecule has 4 atom stereocenters. The fraction of sp³-hybridized carbons (Fsp3) is 1.00. The van der Waals surface area contributed by atoms with E-state index >= 15 is 0 Å². The molecule has 1 saturated heterocycles. The van der Waals surface area contributed by atoms with Crippen molar-refractivity contribution in [3.05, 3.63) is 0 Å². The number of hydrogen-bond donors (Lipinski definition) is 0. The van der Waals surface area contributed by atoms with E-state index in [-0.39, 0.29) is 0 Å². The van der Waals surface area contributed by atoms with Gasteiger partial charge in [-0.25, -0.2) is 0 Å². The summed E-state index contributed by atoms with van der Waals surface area (Å²) < 4.78 is 31.6. The first-order valence-corrected chi connectivity index (χ1v) is 6.23. The predicted molar refractivity (Wildman–Crippen MR) is 51.5 cm³/mol. The van der Waals surface area contributed by atoms with Crippen LogP contribution >= 0.6 is 7.60 Å². The van der Waals surface area contributed by atoms with Crippen LogP contribution in [0.2, 0.25) is 0 Å². The summed E-state index contributed by atoms with van der Waals surface area (Å²) in [6.45, 7) is 1.39. The fourth-order valence-electron chi connectivity index (χ4n) is 1.24. The summed E-state index contributed by atoms with van der Waals surface area (Å²) in [6.07, 6.45) is -0.570. The summed E-state index contributed by atoms with van der Waals surface area (Å²) in [5.41, 5.74) is 0. The summed E-state index contributed by atoms with van der Waals surface area (Å²) in [4.78, 5) is 0. The van der Waals surface area contributed by atoms with Gasteiger partial charge in [0.15, 0.2) is 6.29 Å². The molecule has 1 aliphatic rings. The van der Waals surface area contributed by atoms with Gasteiger partial charge < -0.3 is 14.0 Å². The predicted octanol–water partition coefficient (Wildman–Crippen LogP) is 0.728. The SMILES string of the molecule is [B]C1CC(OP(C)(=O)OC)C(OC)O1. The molecular formula is C7H14BO5P. The van der Waals surface area contributed by atoms with Crippen LogP contribution in [0.3, 0.4) is 0 Å². The number of rotatable bonds is 4. The minimum atomic E-state index is -3.02. The lowest BCUT2D eigenvalue weighted by atomic mass is 9.97. The zero-order valence-corrected chi connectivity index (χ0v) is 9.40. The van der Waals surface area contributed by atoms with Crippen LogP contribution in [0.1, 0.15) is 6.42 Å². The van der Waals surface area contributed by atoms with Gasteiger partial charge in [0.2, 0.25) is 0 Å². The molecule has 7 heteroatoms. The largest absolute Gasteiger partial charge is 0.357 e. The van der Waals surface area contributed by atoms with E-state index in [1.54, 1.807) is 0 Å². The van der Waals surface area contributed by atoms with Crippen molar-refractivity contribution < 1.29 is 23.1 Å². The Morgan fingerprint density at radius 1 is 1.50 bits per heavy atom. The summed E-state index contributed by atoms with van der Waals surface area (Å²) in [6, 6.07) is -0.443. The van der Waals surface area contributed by atoms with Crippen LogP contribution in [0.25, 0.3) is 0 Å². The van der Waals surface area contributed by atoms with Crippen molar-refractivity contribution in [3.63, 3.8) is 0 Å². The Balaban J connectivity index is 2.55. The smallest absolute Gasteiger partial charge is 0.327 e. The van der Waals surface area contributed by atoms with Gasteiger partial charge in [0.25, 0.3) is 0 Å².